The lowest BCUT2D eigenvalue weighted by Crippen LogP contribution is -2.20. The molecule has 2 rings (SSSR count). The molecule has 0 aliphatic rings. The van der Waals surface area contributed by atoms with Gasteiger partial charge in [-0.05, 0) is 36.4 Å². The normalized spacial score (nSPS) is 11.8. The van der Waals surface area contributed by atoms with Crippen LogP contribution in [0.1, 0.15) is 13.3 Å². The Bertz CT molecular complexity index is 657. The van der Waals surface area contributed by atoms with E-state index in [1.807, 2.05) is 0 Å². The quantitative estimate of drug-likeness (QED) is 0.433. The Morgan fingerprint density at radius 1 is 1.17 bits per heavy atom. The first-order chi connectivity index (χ1) is 11.6. The van der Waals surface area contributed by atoms with E-state index in [1.54, 1.807) is 55.5 Å². The molecule has 6 heteroatoms. The third kappa shape index (κ3) is 6.14. The van der Waals surface area contributed by atoms with Crippen LogP contribution in [-0.2, 0) is 4.79 Å². The first-order valence-corrected chi connectivity index (χ1v) is 8.59. The van der Waals surface area contributed by atoms with Gasteiger partial charge >= 0.3 is 5.97 Å². The van der Waals surface area contributed by atoms with Gasteiger partial charge in [0.15, 0.2) is 0 Å². The third-order valence-corrected chi connectivity index (χ3v) is 4.20. The maximum Gasteiger partial charge on any atom is 0.310 e. The van der Waals surface area contributed by atoms with E-state index < -0.39 is 6.10 Å². The molecule has 1 atom stereocenters. The minimum Gasteiger partial charge on any atom is -0.508 e. The van der Waals surface area contributed by atoms with Gasteiger partial charge < -0.3 is 19.7 Å². The number of rotatable bonds is 8. The Labute approximate surface area is 145 Å². The standard InChI is InChI=1S/C18H20O5S/c1-2-18(21)23-16-5-3-4-15(10-16)22-11-14(20)12-24-17-8-6-13(19)7-9-17/h3-10,14,19-20H,2,11-12H2,1H3. The SMILES string of the molecule is CCC(=O)Oc1cccc(OCC(O)CSc2ccc(O)cc2)c1. The van der Waals surface area contributed by atoms with Crippen molar-refractivity contribution >= 4 is 17.7 Å². The van der Waals surface area contributed by atoms with Gasteiger partial charge in [-0.25, -0.2) is 0 Å². The molecule has 1 unspecified atom stereocenters. The summed E-state index contributed by atoms with van der Waals surface area (Å²) < 4.78 is 10.7. The maximum absolute atomic E-state index is 11.3. The van der Waals surface area contributed by atoms with Crippen LogP contribution in [0.4, 0.5) is 0 Å². The van der Waals surface area contributed by atoms with Crippen LogP contribution in [0.15, 0.2) is 53.4 Å². The zero-order valence-electron chi connectivity index (χ0n) is 13.3. The van der Waals surface area contributed by atoms with Gasteiger partial charge in [-0.2, -0.15) is 0 Å². The van der Waals surface area contributed by atoms with Crippen LogP contribution in [0, 0.1) is 0 Å². The molecule has 128 valence electrons. The molecule has 0 spiro atoms. The second-order valence-electron chi connectivity index (χ2n) is 5.07. The number of thioether (sulfide) groups is 1. The van der Waals surface area contributed by atoms with Gasteiger partial charge in [0.2, 0.25) is 0 Å². The number of phenolic OH excluding ortho intramolecular Hbond substituents is 1. The van der Waals surface area contributed by atoms with Crippen molar-refractivity contribution in [3.63, 3.8) is 0 Å². The van der Waals surface area contributed by atoms with E-state index in [-0.39, 0.29) is 18.3 Å². The van der Waals surface area contributed by atoms with Crippen molar-refractivity contribution in [2.75, 3.05) is 12.4 Å². The largest absolute Gasteiger partial charge is 0.508 e. The number of aliphatic hydroxyl groups excluding tert-OH is 1. The summed E-state index contributed by atoms with van der Waals surface area (Å²) in [5.74, 6) is 1.33. The van der Waals surface area contributed by atoms with Gasteiger partial charge in [0, 0.05) is 23.1 Å². The van der Waals surface area contributed by atoms with Crippen molar-refractivity contribution in [1.29, 1.82) is 0 Å². The fourth-order valence-electron chi connectivity index (χ4n) is 1.81. The van der Waals surface area contributed by atoms with Gasteiger partial charge in [0.1, 0.15) is 23.9 Å². The molecular formula is C18H20O5S. The fraction of sp³-hybridized carbons (Fsp3) is 0.278. The van der Waals surface area contributed by atoms with Crippen molar-refractivity contribution in [3.05, 3.63) is 48.5 Å². The lowest BCUT2D eigenvalue weighted by molar-refractivity contribution is -0.134. The van der Waals surface area contributed by atoms with Crippen LogP contribution >= 0.6 is 11.8 Å². The molecule has 0 heterocycles. The Balaban J connectivity index is 1.78. The number of esters is 1. The van der Waals surface area contributed by atoms with E-state index in [0.717, 1.165) is 4.90 Å². The highest BCUT2D eigenvalue weighted by Crippen LogP contribution is 2.23. The number of aromatic hydroxyl groups is 1. The van der Waals surface area contributed by atoms with Crippen LogP contribution in [-0.4, -0.2) is 34.6 Å². The maximum atomic E-state index is 11.3. The summed E-state index contributed by atoms with van der Waals surface area (Å²) in [6, 6.07) is 13.6. The Morgan fingerprint density at radius 2 is 1.88 bits per heavy atom. The molecular weight excluding hydrogens is 328 g/mol. The molecule has 0 radical (unpaired) electrons. The molecule has 0 aliphatic carbocycles. The number of ether oxygens (including phenoxy) is 2. The number of benzene rings is 2. The monoisotopic (exact) mass is 348 g/mol. The van der Waals surface area contributed by atoms with Crippen LogP contribution in [0.5, 0.6) is 17.2 Å². The van der Waals surface area contributed by atoms with Crippen molar-refractivity contribution in [3.8, 4) is 17.2 Å². The summed E-state index contributed by atoms with van der Waals surface area (Å²) in [6.07, 6.45) is -0.344. The van der Waals surface area contributed by atoms with Gasteiger partial charge in [0.05, 0.1) is 6.10 Å². The van der Waals surface area contributed by atoms with E-state index in [9.17, 15) is 15.0 Å². The summed E-state index contributed by atoms with van der Waals surface area (Å²) in [5.41, 5.74) is 0. The van der Waals surface area contributed by atoms with Crippen molar-refractivity contribution < 1.29 is 24.5 Å². The van der Waals surface area contributed by atoms with Gasteiger partial charge in [-0.15, -0.1) is 11.8 Å². The lowest BCUT2D eigenvalue weighted by Gasteiger charge is -2.13. The van der Waals surface area contributed by atoms with Gasteiger partial charge in [0.25, 0.3) is 0 Å². The molecule has 24 heavy (non-hydrogen) atoms. The molecule has 0 saturated carbocycles. The minimum absolute atomic E-state index is 0.135. The van der Waals surface area contributed by atoms with E-state index >= 15 is 0 Å². The zero-order valence-corrected chi connectivity index (χ0v) is 14.2. The summed E-state index contributed by atoms with van der Waals surface area (Å²) in [4.78, 5) is 12.2. The predicted octanol–water partition coefficient (Wildman–Crippen LogP) is 3.24. The van der Waals surface area contributed by atoms with Crippen molar-refractivity contribution in [2.24, 2.45) is 0 Å². The van der Waals surface area contributed by atoms with E-state index in [0.29, 0.717) is 23.7 Å². The fourth-order valence-corrected chi connectivity index (χ4v) is 2.62. The van der Waals surface area contributed by atoms with Crippen LogP contribution in [0.25, 0.3) is 0 Å². The number of carbonyl (C=O) groups excluding carboxylic acids is 1. The Kier molecular flexibility index (Phi) is 6.96. The summed E-state index contributed by atoms with van der Waals surface area (Å²) in [6.45, 7) is 1.86. The van der Waals surface area contributed by atoms with Gasteiger partial charge in [-0.1, -0.05) is 13.0 Å². The molecule has 0 saturated heterocycles. The molecule has 0 fully saturated rings. The molecule has 0 aromatic heterocycles. The highest BCUT2D eigenvalue weighted by molar-refractivity contribution is 7.99. The number of hydrogen-bond donors (Lipinski definition) is 2. The molecule has 2 aromatic rings. The first kappa shape index (κ1) is 18.2. The highest BCUT2D eigenvalue weighted by Gasteiger charge is 2.08. The smallest absolute Gasteiger partial charge is 0.310 e. The minimum atomic E-state index is -0.648. The first-order valence-electron chi connectivity index (χ1n) is 7.60. The Morgan fingerprint density at radius 3 is 2.58 bits per heavy atom. The van der Waals surface area contributed by atoms with Crippen LogP contribution < -0.4 is 9.47 Å². The van der Waals surface area contributed by atoms with E-state index in [2.05, 4.69) is 0 Å². The average molecular weight is 348 g/mol. The number of aliphatic hydroxyl groups is 1. The molecule has 0 amide bonds. The topological polar surface area (TPSA) is 76.0 Å². The molecule has 0 aliphatic heterocycles. The van der Waals surface area contributed by atoms with Crippen molar-refractivity contribution in [1.82, 2.24) is 0 Å². The second kappa shape index (κ2) is 9.20. The van der Waals surface area contributed by atoms with Crippen LogP contribution in [0.3, 0.4) is 0 Å². The molecule has 5 nitrogen and oxygen atoms in total. The zero-order chi connectivity index (χ0) is 17.4. The summed E-state index contributed by atoms with van der Waals surface area (Å²) >= 11 is 1.48. The van der Waals surface area contributed by atoms with Gasteiger partial charge in [-0.3, -0.25) is 4.79 Å². The van der Waals surface area contributed by atoms with E-state index in [1.165, 1.54) is 11.8 Å². The lowest BCUT2D eigenvalue weighted by atomic mass is 10.3. The Hall–Kier alpha value is -2.18. The highest BCUT2D eigenvalue weighted by atomic mass is 32.2. The third-order valence-electron chi connectivity index (χ3n) is 3.05. The number of carbonyl (C=O) groups is 1. The van der Waals surface area contributed by atoms with Crippen molar-refractivity contribution in [2.45, 2.75) is 24.3 Å². The molecule has 0 bridgehead atoms. The van der Waals surface area contributed by atoms with E-state index in [4.69, 9.17) is 9.47 Å². The molecule has 2 N–H and O–H groups in total. The predicted molar refractivity (Wildman–Crippen MR) is 92.7 cm³/mol. The second-order valence-corrected chi connectivity index (χ2v) is 6.17. The van der Waals surface area contributed by atoms with Crippen LogP contribution in [0.2, 0.25) is 0 Å². The number of phenols is 1. The summed E-state index contributed by atoms with van der Waals surface area (Å²) in [5, 5.41) is 19.2. The number of hydrogen-bond acceptors (Lipinski definition) is 6. The summed E-state index contributed by atoms with van der Waals surface area (Å²) in [7, 11) is 0. The average Bonchev–Trinajstić information content (AvgIpc) is 2.59. The molecule has 2 aromatic carbocycles.